The Morgan fingerprint density at radius 3 is 2.71 bits per heavy atom. The molecule has 2 fully saturated rings. The Bertz CT molecular complexity index is 764. The van der Waals surface area contributed by atoms with Crippen LogP contribution in [0.3, 0.4) is 0 Å². The number of hydrogen-bond donors (Lipinski definition) is 2. The quantitative estimate of drug-likeness (QED) is 0.553. The van der Waals surface area contributed by atoms with Gasteiger partial charge in [-0.1, -0.05) is 29.8 Å². The van der Waals surface area contributed by atoms with Crippen LogP contribution in [0.5, 0.6) is 0 Å². The summed E-state index contributed by atoms with van der Waals surface area (Å²) in [7, 11) is -1.31. The monoisotopic (exact) mass is 408 g/mol. The zero-order chi connectivity index (χ0) is 20.0. The van der Waals surface area contributed by atoms with Crippen LogP contribution in [0.25, 0.3) is 0 Å². The number of nitrogens with one attached hydrogen (secondary N) is 2. The molecule has 0 aliphatic carbocycles. The first-order chi connectivity index (χ1) is 13.5. The SMILES string of the molecule is CN=C(NCCN1CCCS1(=O)=O)NCC1CCCOC1c1ccc(C)cc1. The van der Waals surface area contributed by atoms with E-state index >= 15 is 0 Å². The van der Waals surface area contributed by atoms with Crippen molar-refractivity contribution in [1.29, 1.82) is 0 Å². The molecule has 2 atom stereocenters. The fraction of sp³-hybridized carbons (Fsp3) is 0.650. The van der Waals surface area contributed by atoms with Crippen molar-refractivity contribution in [3.63, 3.8) is 0 Å². The highest BCUT2D eigenvalue weighted by atomic mass is 32.2. The van der Waals surface area contributed by atoms with E-state index in [0.717, 1.165) is 32.4 Å². The van der Waals surface area contributed by atoms with Crippen molar-refractivity contribution in [1.82, 2.24) is 14.9 Å². The predicted octanol–water partition coefficient (Wildman–Crippen LogP) is 1.66. The largest absolute Gasteiger partial charge is 0.373 e. The van der Waals surface area contributed by atoms with E-state index in [4.69, 9.17) is 4.74 Å². The van der Waals surface area contributed by atoms with Crippen LogP contribution in [0.15, 0.2) is 29.3 Å². The summed E-state index contributed by atoms with van der Waals surface area (Å²) in [4.78, 5) is 4.27. The minimum atomic E-state index is -3.05. The van der Waals surface area contributed by atoms with E-state index in [0.29, 0.717) is 31.5 Å². The lowest BCUT2D eigenvalue weighted by molar-refractivity contribution is -0.0265. The predicted molar refractivity (Wildman–Crippen MR) is 112 cm³/mol. The van der Waals surface area contributed by atoms with E-state index in [1.54, 1.807) is 11.4 Å². The van der Waals surface area contributed by atoms with Crippen LogP contribution >= 0.6 is 0 Å². The van der Waals surface area contributed by atoms with Gasteiger partial charge in [-0.3, -0.25) is 4.99 Å². The Kier molecular flexibility index (Phi) is 7.31. The second-order valence-electron chi connectivity index (χ2n) is 7.55. The fourth-order valence-corrected chi connectivity index (χ4v) is 5.40. The summed E-state index contributed by atoms with van der Waals surface area (Å²) < 4.78 is 31.4. The minimum absolute atomic E-state index is 0.0923. The first-order valence-corrected chi connectivity index (χ1v) is 11.7. The first-order valence-electron chi connectivity index (χ1n) is 10.1. The van der Waals surface area contributed by atoms with Crippen LogP contribution in [0.1, 0.15) is 36.5 Å². The molecule has 2 heterocycles. The van der Waals surface area contributed by atoms with Gasteiger partial charge < -0.3 is 15.4 Å². The zero-order valence-corrected chi connectivity index (χ0v) is 17.7. The Morgan fingerprint density at radius 1 is 1.25 bits per heavy atom. The highest BCUT2D eigenvalue weighted by Crippen LogP contribution is 2.33. The van der Waals surface area contributed by atoms with Gasteiger partial charge in [0.1, 0.15) is 0 Å². The van der Waals surface area contributed by atoms with Crippen LogP contribution in [-0.4, -0.2) is 64.3 Å². The van der Waals surface area contributed by atoms with Gasteiger partial charge in [0.05, 0.1) is 11.9 Å². The molecule has 2 N–H and O–H groups in total. The van der Waals surface area contributed by atoms with Crippen LogP contribution in [0, 0.1) is 12.8 Å². The Balaban J connectivity index is 1.49. The van der Waals surface area contributed by atoms with Gasteiger partial charge in [-0.25, -0.2) is 12.7 Å². The molecule has 0 bridgehead atoms. The molecule has 2 aliphatic rings. The molecule has 2 saturated heterocycles. The molecular formula is C20H32N4O3S. The molecular weight excluding hydrogens is 376 g/mol. The van der Waals surface area contributed by atoms with Crippen molar-refractivity contribution in [3.05, 3.63) is 35.4 Å². The van der Waals surface area contributed by atoms with E-state index in [1.807, 2.05) is 0 Å². The third kappa shape index (κ3) is 5.46. The topological polar surface area (TPSA) is 83.0 Å². The van der Waals surface area contributed by atoms with Gasteiger partial charge in [0.2, 0.25) is 10.0 Å². The molecule has 1 aromatic carbocycles. The summed E-state index contributed by atoms with van der Waals surface area (Å²) in [6.07, 6.45) is 2.98. The molecule has 2 aliphatic heterocycles. The van der Waals surface area contributed by atoms with E-state index in [2.05, 4.69) is 46.8 Å². The normalized spacial score (nSPS) is 25.6. The maximum atomic E-state index is 11.9. The lowest BCUT2D eigenvalue weighted by atomic mass is 9.89. The summed E-state index contributed by atoms with van der Waals surface area (Å²) in [6, 6.07) is 8.57. The highest BCUT2D eigenvalue weighted by molar-refractivity contribution is 7.89. The minimum Gasteiger partial charge on any atom is -0.373 e. The summed E-state index contributed by atoms with van der Waals surface area (Å²) in [5.41, 5.74) is 2.47. The summed E-state index contributed by atoms with van der Waals surface area (Å²) in [5.74, 6) is 1.33. The Labute approximate surface area is 168 Å². The van der Waals surface area contributed by atoms with Crippen LogP contribution < -0.4 is 10.6 Å². The highest BCUT2D eigenvalue weighted by Gasteiger charge is 2.28. The van der Waals surface area contributed by atoms with Crippen molar-refractivity contribution in [3.8, 4) is 0 Å². The van der Waals surface area contributed by atoms with Crippen molar-refractivity contribution >= 4 is 16.0 Å². The molecule has 7 nitrogen and oxygen atoms in total. The van der Waals surface area contributed by atoms with Crippen molar-refractivity contribution < 1.29 is 13.2 Å². The molecule has 0 spiro atoms. The van der Waals surface area contributed by atoms with E-state index in [-0.39, 0.29) is 11.9 Å². The molecule has 0 amide bonds. The van der Waals surface area contributed by atoms with E-state index in [9.17, 15) is 8.42 Å². The number of ether oxygens (including phenoxy) is 1. The Hall–Kier alpha value is -1.64. The summed E-state index contributed by atoms with van der Waals surface area (Å²) in [5, 5.41) is 6.61. The van der Waals surface area contributed by atoms with Gasteiger partial charge >= 0.3 is 0 Å². The standard InChI is InChI=1S/C20H32N4O3S/c1-16-6-8-17(9-7-16)19-18(5-3-13-27-19)15-23-20(21-2)22-10-12-24-11-4-14-28(24,25)26/h6-9,18-19H,3-5,10-15H2,1-2H3,(H2,21,22,23). The maximum absolute atomic E-state index is 11.9. The van der Waals surface area contributed by atoms with Gasteiger partial charge in [0.25, 0.3) is 0 Å². The number of aryl methyl sites for hydroxylation is 1. The molecule has 0 saturated carbocycles. The van der Waals surface area contributed by atoms with Crippen molar-refractivity contribution in [2.75, 3.05) is 45.6 Å². The maximum Gasteiger partial charge on any atom is 0.214 e. The van der Waals surface area contributed by atoms with Crippen molar-refractivity contribution in [2.24, 2.45) is 10.9 Å². The summed E-state index contributed by atoms with van der Waals surface area (Å²) >= 11 is 0. The molecule has 0 radical (unpaired) electrons. The number of sulfonamides is 1. The first kappa shape index (κ1) is 21.1. The third-order valence-corrected chi connectivity index (χ3v) is 7.42. The number of aliphatic imine (C=N–C) groups is 1. The van der Waals surface area contributed by atoms with Crippen molar-refractivity contribution in [2.45, 2.75) is 32.3 Å². The second kappa shape index (κ2) is 9.71. The molecule has 2 unspecified atom stereocenters. The summed E-state index contributed by atoms with van der Waals surface area (Å²) in [6.45, 7) is 5.29. The number of hydrogen-bond acceptors (Lipinski definition) is 4. The third-order valence-electron chi connectivity index (χ3n) is 5.46. The van der Waals surface area contributed by atoms with E-state index < -0.39 is 10.0 Å². The molecule has 3 rings (SSSR count). The number of guanidine groups is 1. The molecule has 1 aromatic rings. The number of nitrogens with zero attached hydrogens (tertiary/aromatic N) is 2. The fourth-order valence-electron chi connectivity index (χ4n) is 3.87. The van der Waals surface area contributed by atoms with Gasteiger partial charge in [-0.05, 0) is 31.7 Å². The van der Waals surface area contributed by atoms with E-state index in [1.165, 1.54) is 11.1 Å². The van der Waals surface area contributed by atoms with Crippen LogP contribution in [0.4, 0.5) is 0 Å². The average molecular weight is 409 g/mol. The van der Waals surface area contributed by atoms with Gasteiger partial charge in [-0.2, -0.15) is 0 Å². The van der Waals surface area contributed by atoms with Gasteiger partial charge in [0, 0.05) is 45.8 Å². The lowest BCUT2D eigenvalue weighted by Crippen LogP contribution is -2.44. The number of rotatable bonds is 6. The average Bonchev–Trinajstić information content (AvgIpc) is 3.03. The lowest BCUT2D eigenvalue weighted by Gasteiger charge is -2.32. The smallest absolute Gasteiger partial charge is 0.214 e. The van der Waals surface area contributed by atoms with Gasteiger partial charge in [-0.15, -0.1) is 0 Å². The second-order valence-corrected chi connectivity index (χ2v) is 9.64. The Morgan fingerprint density at radius 2 is 2.04 bits per heavy atom. The van der Waals surface area contributed by atoms with Crippen LogP contribution in [0.2, 0.25) is 0 Å². The number of benzene rings is 1. The molecule has 0 aromatic heterocycles. The van der Waals surface area contributed by atoms with Crippen LogP contribution in [-0.2, 0) is 14.8 Å². The zero-order valence-electron chi connectivity index (χ0n) is 16.9. The molecule has 8 heteroatoms. The molecule has 28 heavy (non-hydrogen) atoms. The molecule has 156 valence electrons. The van der Waals surface area contributed by atoms with Gasteiger partial charge in [0.15, 0.2) is 5.96 Å².